The van der Waals surface area contributed by atoms with Crippen molar-refractivity contribution >= 4 is 35.8 Å². The number of nitrogens with zero attached hydrogens (tertiary/aromatic N) is 2. The van der Waals surface area contributed by atoms with Crippen molar-refractivity contribution in [1.82, 2.24) is 22.1 Å². The van der Waals surface area contributed by atoms with Gasteiger partial charge in [0, 0.05) is 25.0 Å². The fourth-order valence-electron chi connectivity index (χ4n) is 1.48. The fraction of sp³-hybridized carbons (Fsp3) is 0.571. The van der Waals surface area contributed by atoms with Crippen molar-refractivity contribution in [3.63, 3.8) is 0 Å². The van der Waals surface area contributed by atoms with Gasteiger partial charge < -0.3 is 52.5 Å². The number of hydrogen-bond donors (Lipinski definition) is 6. The van der Waals surface area contributed by atoms with Crippen LogP contribution in [0.5, 0.6) is 0 Å². The molecular formula is C14H30N4O12. The molecule has 0 aliphatic rings. The van der Waals surface area contributed by atoms with E-state index in [2.05, 4.69) is 0 Å². The van der Waals surface area contributed by atoms with Gasteiger partial charge in [-0.1, -0.05) is 0 Å². The molecule has 16 nitrogen and oxygen atoms in total. The van der Waals surface area contributed by atoms with E-state index in [1.165, 1.54) is 0 Å². The van der Waals surface area contributed by atoms with E-state index in [4.69, 9.17) is 40.2 Å². The van der Waals surface area contributed by atoms with Gasteiger partial charge in [0.2, 0.25) is 0 Å². The van der Waals surface area contributed by atoms with Crippen molar-refractivity contribution in [3.8, 4) is 0 Å². The Hall–Kier alpha value is -3.34. The van der Waals surface area contributed by atoms with E-state index in [-0.39, 0.29) is 25.4 Å². The molecular weight excluding hydrogens is 416 g/mol. The molecule has 0 saturated heterocycles. The van der Waals surface area contributed by atoms with Crippen LogP contribution in [0.25, 0.3) is 0 Å². The van der Waals surface area contributed by atoms with Gasteiger partial charge in [-0.2, -0.15) is 0 Å². The second-order valence-corrected chi connectivity index (χ2v) is 4.98. The first-order valence-electron chi connectivity index (χ1n) is 7.34. The van der Waals surface area contributed by atoms with Crippen LogP contribution in [0.1, 0.15) is 13.8 Å². The summed E-state index contributed by atoms with van der Waals surface area (Å²) in [6.07, 6.45) is 0. The molecule has 0 bridgehead atoms. The Morgan fingerprint density at radius 3 is 0.800 bits per heavy atom. The van der Waals surface area contributed by atoms with Gasteiger partial charge in [-0.05, 0) is 13.8 Å². The minimum atomic E-state index is -1.23. The van der Waals surface area contributed by atoms with E-state index in [9.17, 15) is 19.2 Å². The van der Waals surface area contributed by atoms with Crippen molar-refractivity contribution in [2.75, 3.05) is 39.3 Å². The second kappa shape index (κ2) is 22.0. The smallest absolute Gasteiger partial charge is 0.317 e. The molecule has 12 N–H and O–H groups in total. The van der Waals surface area contributed by atoms with E-state index in [0.717, 1.165) is 23.6 Å². The standard InChI is InChI=1S/C10H16N2O8.2C2H4O2.2H3N/c13-7(14)3-11(4-8(15)16)1-2-12(5-9(17)18)6-10(19)20;2*1-2(3)4;;/h1-6H2,(H,13,14)(H,15,16)(H,17,18)(H,19,20);2*1H3,(H,3,4);2*1H3. The maximum Gasteiger partial charge on any atom is 0.317 e. The fourth-order valence-corrected chi connectivity index (χ4v) is 1.48. The molecule has 0 radical (unpaired) electrons. The van der Waals surface area contributed by atoms with E-state index in [1.807, 2.05) is 0 Å². The van der Waals surface area contributed by atoms with E-state index < -0.39 is 62.0 Å². The van der Waals surface area contributed by atoms with Crippen LogP contribution < -0.4 is 22.5 Å². The Balaban J connectivity index is -0.000000178. The Kier molecular flexibility index (Phi) is 27.4. The predicted molar refractivity (Wildman–Crippen MR) is 96.8 cm³/mol. The number of carbonyl (C=O) groups excluding carboxylic acids is 2. The minimum absolute atomic E-state index is 0. The number of carboxylic acids is 6. The van der Waals surface area contributed by atoms with Gasteiger partial charge in [0.25, 0.3) is 0 Å². The van der Waals surface area contributed by atoms with Gasteiger partial charge in [-0.15, -0.1) is 0 Å². The molecule has 0 aromatic heterocycles. The van der Waals surface area contributed by atoms with Crippen molar-refractivity contribution in [2.24, 2.45) is 0 Å². The summed E-state index contributed by atoms with van der Waals surface area (Å²) in [7, 11) is 0. The van der Waals surface area contributed by atoms with Crippen LogP contribution in [0.2, 0.25) is 0 Å². The van der Waals surface area contributed by atoms with Crippen LogP contribution in [0.4, 0.5) is 0 Å². The molecule has 0 unspecified atom stereocenters. The Morgan fingerprint density at radius 2 is 0.700 bits per heavy atom. The average Bonchev–Trinajstić information content (AvgIpc) is 2.40. The normalized spacial score (nSPS) is 8.80. The zero-order chi connectivity index (χ0) is 22.9. The predicted octanol–water partition coefficient (Wildman–Crippen LogP) is -3.81. The molecule has 0 aromatic rings. The number of aliphatic carboxylic acids is 6. The average molecular weight is 446 g/mol. The number of rotatable bonds is 11. The first-order chi connectivity index (χ1) is 12.7. The highest BCUT2D eigenvalue weighted by Gasteiger charge is 2.17. The van der Waals surface area contributed by atoms with E-state index in [1.54, 1.807) is 0 Å². The first-order valence-corrected chi connectivity index (χ1v) is 7.34. The summed E-state index contributed by atoms with van der Waals surface area (Å²) >= 11 is 0. The molecule has 0 atom stereocenters. The van der Waals surface area contributed by atoms with Crippen molar-refractivity contribution < 1.29 is 59.4 Å². The van der Waals surface area contributed by atoms with Crippen LogP contribution in [0, 0.1) is 0 Å². The third-order valence-electron chi connectivity index (χ3n) is 2.17. The highest BCUT2D eigenvalue weighted by atomic mass is 16.4. The van der Waals surface area contributed by atoms with Gasteiger partial charge >= 0.3 is 23.9 Å². The molecule has 0 amide bonds. The number of carbonyl (C=O) groups is 6. The molecule has 0 aliphatic carbocycles. The lowest BCUT2D eigenvalue weighted by Crippen LogP contribution is -2.43. The van der Waals surface area contributed by atoms with Crippen molar-refractivity contribution in [1.29, 1.82) is 0 Å². The summed E-state index contributed by atoms with van der Waals surface area (Å²) in [5, 5.41) is 52.2. The summed E-state index contributed by atoms with van der Waals surface area (Å²) < 4.78 is 0. The highest BCUT2D eigenvalue weighted by molar-refractivity contribution is 5.73. The van der Waals surface area contributed by atoms with Crippen LogP contribution in [-0.2, 0) is 28.8 Å². The topological polar surface area (TPSA) is 309 Å². The number of carboxylic acid groups (broad SMARTS) is 6. The lowest BCUT2D eigenvalue weighted by molar-refractivity contribution is -0.303. The highest BCUT2D eigenvalue weighted by Crippen LogP contribution is 1.94. The van der Waals surface area contributed by atoms with Crippen LogP contribution in [0.15, 0.2) is 0 Å². The van der Waals surface area contributed by atoms with Crippen molar-refractivity contribution in [3.05, 3.63) is 0 Å². The summed E-state index contributed by atoms with van der Waals surface area (Å²) in [5.74, 6) is -7.08. The van der Waals surface area contributed by atoms with Gasteiger partial charge in [-0.25, -0.2) is 0 Å². The summed E-state index contributed by atoms with van der Waals surface area (Å²) in [6, 6.07) is 0. The summed E-state index contributed by atoms with van der Waals surface area (Å²) in [6.45, 7) is -0.306. The van der Waals surface area contributed by atoms with Crippen LogP contribution >= 0.6 is 0 Å². The molecule has 0 spiro atoms. The van der Waals surface area contributed by atoms with Gasteiger partial charge in [0.1, 0.15) is 0 Å². The number of hydrogen-bond acceptors (Lipinski definition) is 10. The Morgan fingerprint density at radius 1 is 0.567 bits per heavy atom. The second-order valence-electron chi connectivity index (χ2n) is 4.98. The molecule has 0 saturated carbocycles. The zero-order valence-corrected chi connectivity index (χ0v) is 17.2. The lowest BCUT2D eigenvalue weighted by atomic mass is 10.4. The number of quaternary nitrogens is 2. The molecule has 0 aliphatic heterocycles. The molecule has 16 heteroatoms. The maximum atomic E-state index is 10.6. The third-order valence-corrected chi connectivity index (χ3v) is 2.17. The first kappa shape index (κ1) is 37.4. The van der Waals surface area contributed by atoms with Crippen LogP contribution in [-0.4, -0.2) is 105 Å². The van der Waals surface area contributed by atoms with Gasteiger partial charge in [0.05, 0.1) is 26.2 Å². The molecule has 0 rings (SSSR count). The lowest BCUT2D eigenvalue weighted by Gasteiger charge is -2.23. The molecule has 0 fully saturated rings. The van der Waals surface area contributed by atoms with Crippen LogP contribution in [0.3, 0.4) is 0 Å². The quantitative estimate of drug-likeness (QED) is 0.177. The zero-order valence-electron chi connectivity index (χ0n) is 17.2. The summed E-state index contributed by atoms with van der Waals surface area (Å²) in [5.41, 5.74) is 0. The molecule has 0 aromatic carbocycles. The van der Waals surface area contributed by atoms with E-state index in [0.29, 0.717) is 0 Å². The maximum absolute atomic E-state index is 10.6. The largest absolute Gasteiger partial charge is 0.550 e. The van der Waals surface area contributed by atoms with E-state index >= 15 is 0 Å². The molecule has 178 valence electrons. The SMILES string of the molecule is CC(=O)[O-].CC(=O)[O-].O=C(O)CN(CCN(CC(=O)O)CC(=O)O)CC(=O)O.[NH4+].[NH4+]. The molecule has 0 heterocycles. The Labute approximate surface area is 171 Å². The summed E-state index contributed by atoms with van der Waals surface area (Å²) in [4.78, 5) is 62.1. The van der Waals surface area contributed by atoms with Crippen molar-refractivity contribution in [2.45, 2.75) is 13.8 Å². The molecule has 30 heavy (non-hydrogen) atoms. The third kappa shape index (κ3) is 44.3. The van der Waals surface area contributed by atoms with Gasteiger partial charge in [0.15, 0.2) is 0 Å². The Bertz CT molecular complexity index is 467. The van der Waals surface area contributed by atoms with Gasteiger partial charge in [-0.3, -0.25) is 29.0 Å². The monoisotopic (exact) mass is 446 g/mol. The minimum Gasteiger partial charge on any atom is -0.550 e.